The zero-order valence-corrected chi connectivity index (χ0v) is 18.1. The molecule has 2 bridgehead atoms. The molecule has 2 fully saturated rings. The maximum Gasteiger partial charge on any atom is 0.254 e. The Morgan fingerprint density at radius 2 is 1.52 bits per heavy atom. The van der Waals surface area contributed by atoms with Crippen LogP contribution in [-0.2, 0) is 16.2 Å². The number of nitrogens with zero attached hydrogens (tertiary/aromatic N) is 2. The number of carbonyl (C=O) groups is 2. The smallest absolute Gasteiger partial charge is 0.254 e. The van der Waals surface area contributed by atoms with Crippen molar-refractivity contribution in [2.75, 3.05) is 0 Å². The molecule has 3 aromatic carbocycles. The fourth-order valence-electron chi connectivity index (χ4n) is 5.58. The Hall–Kier alpha value is -3.73. The number of amides is 2. The molecule has 4 aliphatic rings. The molecule has 0 radical (unpaired) electrons. The van der Waals surface area contributed by atoms with Crippen molar-refractivity contribution in [3.8, 4) is 5.75 Å². The van der Waals surface area contributed by atoms with E-state index in [0.717, 1.165) is 34.4 Å². The molecule has 7 rings (SSSR count). The summed E-state index contributed by atoms with van der Waals surface area (Å²) in [4.78, 5) is 26.0. The highest BCUT2D eigenvalue weighted by Crippen LogP contribution is 2.49. The van der Waals surface area contributed by atoms with Crippen LogP contribution in [0.1, 0.15) is 24.0 Å². The summed E-state index contributed by atoms with van der Waals surface area (Å²) in [5.74, 6) is 0.129. The second-order valence-electron chi connectivity index (χ2n) is 9.04. The van der Waals surface area contributed by atoms with Gasteiger partial charge in [0.2, 0.25) is 0 Å². The lowest BCUT2D eigenvalue weighted by molar-refractivity contribution is -0.140. The Morgan fingerprint density at radius 3 is 2.27 bits per heavy atom. The Bertz CT molecular complexity index is 1270. The summed E-state index contributed by atoms with van der Waals surface area (Å²) < 4.78 is 6.15. The normalized spacial score (nSPS) is 25.9. The first-order valence-electron chi connectivity index (χ1n) is 11.5. The van der Waals surface area contributed by atoms with Gasteiger partial charge < -0.3 is 4.74 Å². The van der Waals surface area contributed by atoms with Crippen molar-refractivity contribution in [1.82, 2.24) is 5.01 Å². The van der Waals surface area contributed by atoms with Gasteiger partial charge in [-0.2, -0.15) is 10.1 Å². The van der Waals surface area contributed by atoms with E-state index in [-0.39, 0.29) is 35.5 Å². The first-order valence-corrected chi connectivity index (χ1v) is 11.5. The lowest BCUT2D eigenvalue weighted by atomic mass is 9.63. The van der Waals surface area contributed by atoms with E-state index in [1.54, 1.807) is 6.21 Å². The summed E-state index contributed by atoms with van der Waals surface area (Å²) in [7, 11) is 0. The van der Waals surface area contributed by atoms with Gasteiger partial charge in [0.1, 0.15) is 12.4 Å². The monoisotopic (exact) mass is 436 g/mol. The second kappa shape index (κ2) is 8.00. The summed E-state index contributed by atoms with van der Waals surface area (Å²) in [6, 6.07) is 22.0. The Morgan fingerprint density at radius 1 is 0.848 bits per heavy atom. The highest BCUT2D eigenvalue weighted by atomic mass is 16.5. The SMILES string of the molecule is O=C1[C@@H]2[C@H](C(=O)N1/N=C\c1ccccc1OCc1cccc3ccccc13)[C@H]1C=C[C@H]2CC1. The van der Waals surface area contributed by atoms with E-state index in [1.807, 2.05) is 42.5 Å². The first-order chi connectivity index (χ1) is 16.2. The standard InChI is InChI=1S/C28H24N2O3/c31-27-25-19-12-13-20(15-14-19)26(25)28(32)30(27)29-16-21-7-2-4-11-24(21)33-17-22-9-5-8-18-6-1-3-10-23(18)22/h1-13,16,19-20,25-26H,14-15,17H2/b29-16-/t19-,20-,25-,26+/m0/s1. The molecule has 1 heterocycles. The third-order valence-electron chi connectivity index (χ3n) is 7.23. The lowest BCUT2D eigenvalue weighted by Crippen LogP contribution is -2.38. The second-order valence-corrected chi connectivity index (χ2v) is 9.04. The van der Waals surface area contributed by atoms with Gasteiger partial charge in [-0.15, -0.1) is 0 Å². The Balaban J connectivity index is 1.23. The molecule has 4 atom stereocenters. The highest BCUT2D eigenvalue weighted by molar-refractivity contribution is 6.06. The van der Waals surface area contributed by atoms with Gasteiger partial charge in [0.15, 0.2) is 0 Å². The van der Waals surface area contributed by atoms with Gasteiger partial charge in [0, 0.05) is 5.56 Å². The average Bonchev–Trinajstić information content (AvgIpc) is 3.14. The molecule has 1 aliphatic heterocycles. The highest BCUT2D eigenvalue weighted by Gasteiger charge is 2.56. The molecule has 5 heteroatoms. The van der Waals surface area contributed by atoms with Crippen LogP contribution in [0.2, 0.25) is 0 Å². The van der Waals surface area contributed by atoms with Gasteiger partial charge in [0.25, 0.3) is 11.8 Å². The van der Waals surface area contributed by atoms with Gasteiger partial charge >= 0.3 is 0 Å². The summed E-state index contributed by atoms with van der Waals surface area (Å²) in [6.07, 6.45) is 7.75. The molecule has 33 heavy (non-hydrogen) atoms. The van der Waals surface area contributed by atoms with Gasteiger partial charge in [0.05, 0.1) is 18.1 Å². The quantitative estimate of drug-likeness (QED) is 0.323. The van der Waals surface area contributed by atoms with Crippen molar-refractivity contribution in [2.45, 2.75) is 19.4 Å². The van der Waals surface area contributed by atoms with Crippen LogP contribution < -0.4 is 4.74 Å². The number of para-hydroxylation sites is 1. The number of carbonyl (C=O) groups excluding carboxylic acids is 2. The molecule has 2 amide bonds. The van der Waals surface area contributed by atoms with E-state index in [0.29, 0.717) is 12.4 Å². The van der Waals surface area contributed by atoms with E-state index in [1.165, 1.54) is 5.39 Å². The first kappa shape index (κ1) is 19.9. The topological polar surface area (TPSA) is 59.0 Å². The molecule has 0 spiro atoms. The molecular formula is C28H24N2O3. The molecule has 0 aromatic heterocycles. The van der Waals surface area contributed by atoms with Crippen LogP contribution in [-0.4, -0.2) is 23.0 Å². The molecule has 0 N–H and O–H groups in total. The lowest BCUT2D eigenvalue weighted by Gasteiger charge is -2.37. The maximum absolute atomic E-state index is 13.0. The van der Waals surface area contributed by atoms with Crippen LogP contribution in [0.25, 0.3) is 10.8 Å². The molecule has 3 aliphatic carbocycles. The Kier molecular flexibility index (Phi) is 4.83. The number of imide groups is 1. The molecular weight excluding hydrogens is 412 g/mol. The number of hydrazone groups is 1. The van der Waals surface area contributed by atoms with Crippen LogP contribution in [0.4, 0.5) is 0 Å². The number of hydrogen-bond acceptors (Lipinski definition) is 4. The van der Waals surface area contributed by atoms with Crippen molar-refractivity contribution >= 4 is 28.8 Å². The number of hydrogen-bond donors (Lipinski definition) is 0. The number of allylic oxidation sites excluding steroid dienone is 2. The molecule has 1 saturated carbocycles. The number of ether oxygens (including phenoxy) is 1. The molecule has 0 unspecified atom stereocenters. The fraction of sp³-hybridized carbons (Fsp3) is 0.250. The van der Waals surface area contributed by atoms with E-state index in [4.69, 9.17) is 4.74 Å². The van der Waals surface area contributed by atoms with Crippen molar-refractivity contribution in [2.24, 2.45) is 28.8 Å². The predicted molar refractivity (Wildman–Crippen MR) is 127 cm³/mol. The summed E-state index contributed by atoms with van der Waals surface area (Å²) in [5.41, 5.74) is 1.83. The van der Waals surface area contributed by atoms with Gasteiger partial charge in [-0.3, -0.25) is 9.59 Å². The van der Waals surface area contributed by atoms with Crippen molar-refractivity contribution in [3.05, 3.63) is 90.0 Å². The zero-order valence-electron chi connectivity index (χ0n) is 18.1. The number of benzene rings is 3. The maximum atomic E-state index is 13.0. The number of rotatable bonds is 5. The third-order valence-corrected chi connectivity index (χ3v) is 7.23. The predicted octanol–water partition coefficient (Wildman–Crippen LogP) is 4.95. The zero-order chi connectivity index (χ0) is 22.4. The van der Waals surface area contributed by atoms with Gasteiger partial charge in [-0.1, -0.05) is 66.7 Å². The molecule has 3 aromatic rings. The molecule has 1 saturated heterocycles. The van der Waals surface area contributed by atoms with Crippen LogP contribution >= 0.6 is 0 Å². The fourth-order valence-corrected chi connectivity index (χ4v) is 5.58. The van der Waals surface area contributed by atoms with Crippen molar-refractivity contribution in [3.63, 3.8) is 0 Å². The van der Waals surface area contributed by atoms with E-state index in [9.17, 15) is 9.59 Å². The minimum Gasteiger partial charge on any atom is -0.488 e. The Labute approximate surface area is 192 Å². The van der Waals surface area contributed by atoms with Gasteiger partial charge in [-0.05, 0) is 53.1 Å². The third kappa shape index (κ3) is 3.35. The molecule has 5 nitrogen and oxygen atoms in total. The van der Waals surface area contributed by atoms with E-state index < -0.39 is 0 Å². The largest absolute Gasteiger partial charge is 0.488 e. The van der Waals surface area contributed by atoms with Gasteiger partial charge in [-0.25, -0.2) is 0 Å². The minimum absolute atomic E-state index is 0.160. The van der Waals surface area contributed by atoms with E-state index in [2.05, 4.69) is 41.5 Å². The summed E-state index contributed by atoms with van der Waals surface area (Å²) in [5, 5.41) is 7.76. The average molecular weight is 437 g/mol. The minimum atomic E-state index is -0.253. The summed E-state index contributed by atoms with van der Waals surface area (Å²) >= 11 is 0. The van der Waals surface area contributed by atoms with Crippen LogP contribution in [0.5, 0.6) is 5.75 Å². The molecule has 164 valence electrons. The number of fused-ring (bicyclic) bond motifs is 2. The van der Waals surface area contributed by atoms with Crippen LogP contribution in [0, 0.1) is 23.7 Å². The van der Waals surface area contributed by atoms with Crippen molar-refractivity contribution in [1.29, 1.82) is 0 Å². The van der Waals surface area contributed by atoms with Crippen LogP contribution in [0.3, 0.4) is 0 Å². The van der Waals surface area contributed by atoms with Crippen molar-refractivity contribution < 1.29 is 14.3 Å². The summed E-state index contributed by atoms with van der Waals surface area (Å²) in [6.45, 7) is 0.410. The van der Waals surface area contributed by atoms with Crippen LogP contribution in [0.15, 0.2) is 84.0 Å². The van der Waals surface area contributed by atoms with E-state index >= 15 is 0 Å².